The molecular formula is C60H108O6. The van der Waals surface area contributed by atoms with Crippen molar-refractivity contribution in [1.29, 1.82) is 0 Å². The van der Waals surface area contributed by atoms with Gasteiger partial charge >= 0.3 is 17.9 Å². The van der Waals surface area contributed by atoms with E-state index in [9.17, 15) is 14.4 Å². The van der Waals surface area contributed by atoms with Crippen LogP contribution >= 0.6 is 0 Å². The van der Waals surface area contributed by atoms with Crippen LogP contribution in [-0.2, 0) is 28.6 Å². The Kier molecular flexibility index (Phi) is 52.8. The van der Waals surface area contributed by atoms with Crippen LogP contribution in [-0.4, -0.2) is 37.2 Å². The topological polar surface area (TPSA) is 78.9 Å². The smallest absolute Gasteiger partial charge is 0.306 e. The van der Waals surface area contributed by atoms with Gasteiger partial charge in [-0.15, -0.1) is 0 Å². The second kappa shape index (κ2) is 55.0. The summed E-state index contributed by atoms with van der Waals surface area (Å²) in [5, 5.41) is 0. The predicted molar refractivity (Wildman–Crippen MR) is 284 cm³/mol. The van der Waals surface area contributed by atoms with Gasteiger partial charge in [-0.3, -0.25) is 14.4 Å². The Morgan fingerprint density at radius 1 is 0.303 bits per heavy atom. The lowest BCUT2D eigenvalue weighted by atomic mass is 10.0. The predicted octanol–water partition coefficient (Wildman–Crippen LogP) is 19.0. The van der Waals surface area contributed by atoms with Crippen molar-refractivity contribution in [3.8, 4) is 0 Å². The van der Waals surface area contributed by atoms with Gasteiger partial charge in [0.1, 0.15) is 13.2 Å². The number of esters is 3. The lowest BCUT2D eigenvalue weighted by molar-refractivity contribution is -0.167. The monoisotopic (exact) mass is 925 g/mol. The molecule has 0 aliphatic rings. The minimum Gasteiger partial charge on any atom is -0.462 e. The first-order chi connectivity index (χ1) is 32.5. The fourth-order valence-electron chi connectivity index (χ4n) is 8.20. The third-order valence-corrected chi connectivity index (χ3v) is 12.6. The number of unbranched alkanes of at least 4 members (excludes halogenated alkanes) is 33. The molecule has 0 N–H and O–H groups in total. The molecule has 0 aromatic rings. The zero-order chi connectivity index (χ0) is 47.9. The summed E-state index contributed by atoms with van der Waals surface area (Å²) < 4.78 is 16.9. The molecule has 0 radical (unpaired) electrons. The molecule has 0 fully saturated rings. The van der Waals surface area contributed by atoms with E-state index in [-0.39, 0.29) is 31.1 Å². The van der Waals surface area contributed by atoms with Gasteiger partial charge in [0.25, 0.3) is 0 Å². The lowest BCUT2D eigenvalue weighted by Crippen LogP contribution is -2.30. The molecule has 6 nitrogen and oxygen atoms in total. The van der Waals surface area contributed by atoms with Crippen molar-refractivity contribution in [2.75, 3.05) is 13.2 Å². The van der Waals surface area contributed by atoms with Crippen molar-refractivity contribution < 1.29 is 28.6 Å². The number of hydrogen-bond acceptors (Lipinski definition) is 6. The maximum atomic E-state index is 12.8. The first-order valence-electron chi connectivity index (χ1n) is 28.6. The molecule has 0 bridgehead atoms. The van der Waals surface area contributed by atoms with Crippen LogP contribution < -0.4 is 0 Å². The van der Waals surface area contributed by atoms with E-state index < -0.39 is 6.10 Å². The number of carbonyl (C=O) groups excluding carboxylic acids is 3. The van der Waals surface area contributed by atoms with Crippen molar-refractivity contribution in [3.05, 3.63) is 48.6 Å². The van der Waals surface area contributed by atoms with Crippen LogP contribution in [0.15, 0.2) is 48.6 Å². The highest BCUT2D eigenvalue weighted by Gasteiger charge is 2.19. The second-order valence-corrected chi connectivity index (χ2v) is 19.2. The molecule has 0 unspecified atom stereocenters. The van der Waals surface area contributed by atoms with Crippen LogP contribution in [0.2, 0.25) is 0 Å². The summed E-state index contributed by atoms with van der Waals surface area (Å²) in [5.41, 5.74) is 0. The summed E-state index contributed by atoms with van der Waals surface area (Å²) in [7, 11) is 0. The Labute approximate surface area is 409 Å². The first kappa shape index (κ1) is 63.4. The number of allylic oxidation sites excluding steroid dienone is 8. The van der Waals surface area contributed by atoms with Crippen LogP contribution in [0.25, 0.3) is 0 Å². The number of carbonyl (C=O) groups is 3. The Balaban J connectivity index is 4.35. The highest BCUT2D eigenvalue weighted by Crippen LogP contribution is 2.16. The highest BCUT2D eigenvalue weighted by molar-refractivity contribution is 5.71. The molecule has 0 aromatic heterocycles. The third-order valence-electron chi connectivity index (χ3n) is 12.6. The van der Waals surface area contributed by atoms with Gasteiger partial charge in [-0.1, -0.05) is 249 Å². The van der Waals surface area contributed by atoms with Crippen molar-refractivity contribution in [2.24, 2.45) is 0 Å². The molecule has 0 saturated carbocycles. The minimum atomic E-state index is -0.778. The van der Waals surface area contributed by atoms with E-state index in [1.165, 1.54) is 173 Å². The molecule has 0 spiro atoms. The van der Waals surface area contributed by atoms with Gasteiger partial charge in [0, 0.05) is 19.3 Å². The number of rotatable bonds is 52. The zero-order valence-corrected chi connectivity index (χ0v) is 44.0. The molecule has 0 aromatic carbocycles. The average Bonchev–Trinajstić information content (AvgIpc) is 3.31. The van der Waals surface area contributed by atoms with E-state index in [0.717, 1.165) is 83.5 Å². The molecule has 1 atom stereocenters. The average molecular weight is 926 g/mol. The molecule has 0 aliphatic heterocycles. The van der Waals surface area contributed by atoms with E-state index >= 15 is 0 Å². The van der Waals surface area contributed by atoms with Gasteiger partial charge < -0.3 is 14.2 Å². The summed E-state index contributed by atoms with van der Waals surface area (Å²) in [6, 6.07) is 0. The van der Waals surface area contributed by atoms with Crippen molar-refractivity contribution in [1.82, 2.24) is 0 Å². The van der Waals surface area contributed by atoms with Crippen LogP contribution in [0, 0.1) is 0 Å². The maximum absolute atomic E-state index is 12.8. The van der Waals surface area contributed by atoms with E-state index in [0.29, 0.717) is 19.3 Å². The van der Waals surface area contributed by atoms with Crippen molar-refractivity contribution in [2.45, 2.75) is 303 Å². The Morgan fingerprint density at radius 2 is 0.561 bits per heavy atom. The van der Waals surface area contributed by atoms with Gasteiger partial charge in [0.2, 0.25) is 0 Å². The fourth-order valence-corrected chi connectivity index (χ4v) is 8.20. The summed E-state index contributed by atoms with van der Waals surface area (Å²) in [6.45, 7) is 6.59. The van der Waals surface area contributed by atoms with E-state index in [1.54, 1.807) is 0 Å². The molecular weight excluding hydrogens is 817 g/mol. The van der Waals surface area contributed by atoms with Crippen LogP contribution in [0.3, 0.4) is 0 Å². The molecule has 66 heavy (non-hydrogen) atoms. The van der Waals surface area contributed by atoms with Crippen molar-refractivity contribution >= 4 is 17.9 Å². The highest BCUT2D eigenvalue weighted by atomic mass is 16.6. The quantitative estimate of drug-likeness (QED) is 0.0262. The molecule has 0 aliphatic carbocycles. The minimum absolute atomic E-state index is 0.0771. The molecule has 0 amide bonds. The summed E-state index contributed by atoms with van der Waals surface area (Å²) in [6.07, 6.45) is 66.6. The zero-order valence-electron chi connectivity index (χ0n) is 44.0. The molecule has 0 rings (SSSR count). The standard InChI is InChI=1S/C60H108O6/c1-4-7-10-13-16-19-22-25-28-29-30-31-33-35-38-41-44-47-50-53-59(62)65-56-57(55-64-58(61)52-49-46-43-40-37-34-27-24-21-18-15-12-9-6-3)66-60(63)54-51-48-45-42-39-36-32-26-23-20-17-14-11-8-5-2/h15-16,18-19,24-25,27-28,57H,4-14,17,20-23,26,29-56H2,1-3H3/b18-15-,19-16-,27-24-,28-25-/t57-/m1/s1. The molecule has 0 saturated heterocycles. The van der Waals surface area contributed by atoms with Gasteiger partial charge in [0.05, 0.1) is 0 Å². The second-order valence-electron chi connectivity index (χ2n) is 19.2. The molecule has 6 heteroatoms. The normalized spacial score (nSPS) is 12.3. The largest absolute Gasteiger partial charge is 0.462 e. The maximum Gasteiger partial charge on any atom is 0.306 e. The Bertz CT molecular complexity index is 1150. The van der Waals surface area contributed by atoms with E-state index in [2.05, 4.69) is 69.4 Å². The van der Waals surface area contributed by atoms with Crippen LogP contribution in [0.5, 0.6) is 0 Å². The number of ether oxygens (including phenoxy) is 3. The molecule has 384 valence electrons. The Hall–Kier alpha value is -2.63. The summed E-state index contributed by atoms with van der Waals surface area (Å²) >= 11 is 0. The van der Waals surface area contributed by atoms with Gasteiger partial charge in [-0.25, -0.2) is 0 Å². The van der Waals surface area contributed by atoms with Gasteiger partial charge in [0.15, 0.2) is 6.10 Å². The van der Waals surface area contributed by atoms with E-state index in [1.807, 2.05) is 0 Å². The first-order valence-corrected chi connectivity index (χ1v) is 28.6. The summed E-state index contributed by atoms with van der Waals surface area (Å²) in [5.74, 6) is -0.881. The van der Waals surface area contributed by atoms with Gasteiger partial charge in [-0.2, -0.15) is 0 Å². The van der Waals surface area contributed by atoms with E-state index in [4.69, 9.17) is 14.2 Å². The Morgan fingerprint density at radius 3 is 0.909 bits per heavy atom. The van der Waals surface area contributed by atoms with Crippen LogP contribution in [0.1, 0.15) is 297 Å². The van der Waals surface area contributed by atoms with Crippen molar-refractivity contribution in [3.63, 3.8) is 0 Å². The number of hydrogen-bond donors (Lipinski definition) is 0. The third kappa shape index (κ3) is 52.3. The van der Waals surface area contributed by atoms with Gasteiger partial charge in [-0.05, 0) is 77.0 Å². The SMILES string of the molecule is CCCC/C=C\C/C=C\CCCCCCCC(=O)OC[C@H](COC(=O)CCCCCCCCCCC/C=C\C/C=C\CCCCC)OC(=O)CCCCCCCCCCCCCCCCC. The fraction of sp³-hybridized carbons (Fsp3) is 0.817. The molecule has 0 heterocycles. The lowest BCUT2D eigenvalue weighted by Gasteiger charge is -2.18. The summed E-state index contributed by atoms with van der Waals surface area (Å²) in [4.78, 5) is 38.1. The van der Waals surface area contributed by atoms with Crippen LogP contribution in [0.4, 0.5) is 0 Å².